The molecular weight excluding hydrogens is 312 g/mol. The van der Waals surface area contributed by atoms with Crippen LogP contribution in [0.25, 0.3) is 0 Å². The number of benzene rings is 1. The van der Waals surface area contributed by atoms with Crippen molar-refractivity contribution in [3.8, 4) is 12.1 Å². The summed E-state index contributed by atoms with van der Waals surface area (Å²) in [6, 6.07) is 9.30. The molecule has 0 aromatic heterocycles. The molecule has 2 aliphatic rings. The van der Waals surface area contributed by atoms with E-state index in [0.717, 1.165) is 5.01 Å². The zero-order chi connectivity index (χ0) is 17.3. The van der Waals surface area contributed by atoms with Crippen LogP contribution in [0.15, 0.2) is 29.3 Å². The van der Waals surface area contributed by atoms with E-state index in [-0.39, 0.29) is 12.4 Å². The highest BCUT2D eigenvalue weighted by atomic mass is 16.2. The molecule has 0 saturated carbocycles. The van der Waals surface area contributed by atoms with Crippen molar-refractivity contribution in [3.05, 3.63) is 35.4 Å². The van der Waals surface area contributed by atoms with Crippen LogP contribution in [-0.2, 0) is 14.4 Å². The number of nitriles is 2. The number of hydrazine groups is 1. The highest BCUT2D eigenvalue weighted by Gasteiger charge is 2.39. The molecule has 3 rings (SSSR count). The van der Waals surface area contributed by atoms with Gasteiger partial charge in [-0.3, -0.25) is 25.1 Å². The summed E-state index contributed by atoms with van der Waals surface area (Å²) in [4.78, 5) is 39.5. The summed E-state index contributed by atoms with van der Waals surface area (Å²) in [5.41, 5.74) is 3.27. The van der Waals surface area contributed by atoms with Gasteiger partial charge in [0.05, 0.1) is 17.7 Å². The Morgan fingerprint density at radius 3 is 2.42 bits per heavy atom. The number of hydrogen-bond donors (Lipinski definition) is 2. The number of nitrogens with one attached hydrogen (secondary N) is 2. The summed E-state index contributed by atoms with van der Waals surface area (Å²) in [5, 5.41) is 21.3. The van der Waals surface area contributed by atoms with Gasteiger partial charge in [-0.1, -0.05) is 12.1 Å². The molecule has 2 N–H and O–H groups in total. The number of nitrogens with zero attached hydrogens (tertiary/aromatic N) is 4. The summed E-state index contributed by atoms with van der Waals surface area (Å²) < 4.78 is 0. The molecule has 2 unspecified atom stereocenters. The van der Waals surface area contributed by atoms with E-state index in [9.17, 15) is 19.6 Å². The second-order valence-electron chi connectivity index (χ2n) is 5.17. The van der Waals surface area contributed by atoms with Gasteiger partial charge in [-0.05, 0) is 17.7 Å². The van der Waals surface area contributed by atoms with Crippen molar-refractivity contribution < 1.29 is 14.4 Å². The number of rotatable bonds is 1. The molecular formula is C15H10N6O3. The summed E-state index contributed by atoms with van der Waals surface area (Å²) in [7, 11) is 0. The molecule has 0 bridgehead atoms. The maximum Gasteiger partial charge on any atom is 0.257 e. The van der Waals surface area contributed by atoms with Gasteiger partial charge in [-0.25, -0.2) is 4.99 Å². The lowest BCUT2D eigenvalue weighted by Crippen LogP contribution is -2.54. The Balaban J connectivity index is 2.00. The molecule has 0 radical (unpaired) electrons. The molecule has 2 atom stereocenters. The Bertz CT molecular complexity index is 845. The van der Waals surface area contributed by atoms with Crippen molar-refractivity contribution >= 4 is 23.7 Å². The van der Waals surface area contributed by atoms with Crippen LogP contribution in [0.1, 0.15) is 23.6 Å². The predicted octanol–water partition coefficient (Wildman–Crippen LogP) is -0.512. The molecule has 1 saturated heterocycles. The SMILES string of the molecule is N#Cc1ccc(C2N=C(N3NC(=O)CC3=O)NC(=O)C2C#N)cc1. The van der Waals surface area contributed by atoms with Gasteiger partial charge in [0.1, 0.15) is 12.5 Å². The summed E-state index contributed by atoms with van der Waals surface area (Å²) in [6.45, 7) is 0. The van der Waals surface area contributed by atoms with Crippen molar-refractivity contribution in [2.45, 2.75) is 12.5 Å². The first-order valence-corrected chi connectivity index (χ1v) is 6.94. The van der Waals surface area contributed by atoms with E-state index in [0.29, 0.717) is 11.1 Å². The van der Waals surface area contributed by atoms with Crippen molar-refractivity contribution in [2.75, 3.05) is 0 Å². The Labute approximate surface area is 136 Å². The van der Waals surface area contributed by atoms with E-state index in [2.05, 4.69) is 15.7 Å². The van der Waals surface area contributed by atoms with Crippen LogP contribution in [0, 0.1) is 28.6 Å². The molecule has 1 aromatic rings. The van der Waals surface area contributed by atoms with Crippen molar-refractivity contribution in [3.63, 3.8) is 0 Å². The third-order valence-corrected chi connectivity index (χ3v) is 3.62. The lowest BCUT2D eigenvalue weighted by Gasteiger charge is -2.28. The van der Waals surface area contributed by atoms with Crippen molar-refractivity contribution in [1.29, 1.82) is 10.5 Å². The molecule has 24 heavy (non-hydrogen) atoms. The van der Waals surface area contributed by atoms with E-state index < -0.39 is 29.7 Å². The van der Waals surface area contributed by atoms with Gasteiger partial charge in [0.15, 0.2) is 5.92 Å². The molecule has 0 aliphatic carbocycles. The van der Waals surface area contributed by atoms with Gasteiger partial charge >= 0.3 is 0 Å². The molecule has 3 amide bonds. The third kappa shape index (κ3) is 2.55. The van der Waals surface area contributed by atoms with E-state index >= 15 is 0 Å². The first kappa shape index (κ1) is 15.2. The summed E-state index contributed by atoms with van der Waals surface area (Å²) >= 11 is 0. The highest BCUT2D eigenvalue weighted by molar-refractivity contribution is 6.14. The first-order chi connectivity index (χ1) is 11.5. The molecule has 2 aliphatic heterocycles. The van der Waals surface area contributed by atoms with E-state index in [1.807, 2.05) is 12.1 Å². The smallest absolute Gasteiger partial charge is 0.257 e. The zero-order valence-corrected chi connectivity index (χ0v) is 12.2. The van der Waals surface area contributed by atoms with Crippen LogP contribution in [0.3, 0.4) is 0 Å². The molecule has 1 aromatic carbocycles. The maximum absolute atomic E-state index is 12.2. The van der Waals surface area contributed by atoms with Crippen LogP contribution in [-0.4, -0.2) is 28.7 Å². The van der Waals surface area contributed by atoms with Crippen LogP contribution in [0.2, 0.25) is 0 Å². The average Bonchev–Trinajstić information content (AvgIpc) is 2.92. The Hall–Kier alpha value is -3.72. The largest absolute Gasteiger partial charge is 0.293 e. The fraction of sp³-hybridized carbons (Fsp3) is 0.200. The van der Waals surface area contributed by atoms with Crippen LogP contribution >= 0.6 is 0 Å². The van der Waals surface area contributed by atoms with Crippen molar-refractivity contribution in [2.24, 2.45) is 10.9 Å². The molecule has 1 fully saturated rings. The third-order valence-electron chi connectivity index (χ3n) is 3.62. The minimum absolute atomic E-state index is 0.128. The minimum Gasteiger partial charge on any atom is -0.293 e. The lowest BCUT2D eigenvalue weighted by atomic mass is 9.92. The number of amides is 3. The van der Waals surface area contributed by atoms with Crippen LogP contribution < -0.4 is 10.7 Å². The number of guanidine groups is 1. The van der Waals surface area contributed by atoms with Crippen LogP contribution in [0.4, 0.5) is 0 Å². The molecule has 118 valence electrons. The fourth-order valence-electron chi connectivity index (χ4n) is 2.45. The Kier molecular flexibility index (Phi) is 3.68. The van der Waals surface area contributed by atoms with Gasteiger partial charge in [0.2, 0.25) is 17.8 Å². The molecule has 9 nitrogen and oxygen atoms in total. The number of carbonyl (C=O) groups is 3. The van der Waals surface area contributed by atoms with Gasteiger partial charge in [-0.2, -0.15) is 15.5 Å². The maximum atomic E-state index is 12.2. The Morgan fingerprint density at radius 2 is 1.88 bits per heavy atom. The normalized spacial score (nSPS) is 23.0. The summed E-state index contributed by atoms with van der Waals surface area (Å²) in [5.74, 6) is -2.89. The van der Waals surface area contributed by atoms with E-state index in [1.54, 1.807) is 24.3 Å². The lowest BCUT2D eigenvalue weighted by molar-refractivity contribution is -0.126. The fourth-order valence-corrected chi connectivity index (χ4v) is 2.45. The molecule has 9 heteroatoms. The summed E-state index contributed by atoms with van der Waals surface area (Å²) in [6.07, 6.45) is -0.335. The van der Waals surface area contributed by atoms with Crippen molar-refractivity contribution in [1.82, 2.24) is 15.8 Å². The second kappa shape index (κ2) is 5.82. The number of aliphatic imine (C=N–C) groups is 1. The molecule has 0 spiro atoms. The van der Waals surface area contributed by atoms with Gasteiger partial charge in [-0.15, -0.1) is 0 Å². The minimum atomic E-state index is -1.09. The first-order valence-electron chi connectivity index (χ1n) is 6.94. The monoisotopic (exact) mass is 322 g/mol. The zero-order valence-electron chi connectivity index (χ0n) is 12.2. The van der Waals surface area contributed by atoms with Gasteiger partial charge in [0.25, 0.3) is 5.91 Å². The van der Waals surface area contributed by atoms with Gasteiger partial charge < -0.3 is 0 Å². The second-order valence-corrected chi connectivity index (χ2v) is 5.17. The highest BCUT2D eigenvalue weighted by Crippen LogP contribution is 2.29. The predicted molar refractivity (Wildman–Crippen MR) is 78.2 cm³/mol. The van der Waals surface area contributed by atoms with E-state index in [4.69, 9.17) is 5.26 Å². The number of carbonyl (C=O) groups excluding carboxylic acids is 3. The van der Waals surface area contributed by atoms with Crippen LogP contribution in [0.5, 0.6) is 0 Å². The van der Waals surface area contributed by atoms with Gasteiger partial charge in [0, 0.05) is 0 Å². The molecule has 2 heterocycles. The topological polar surface area (TPSA) is 138 Å². The average molecular weight is 322 g/mol. The quantitative estimate of drug-likeness (QED) is 0.670. The standard InChI is InChI=1S/C15H10N6O3/c16-6-8-1-3-9(4-2-8)13-10(7-17)14(24)19-15(18-13)21-12(23)5-11(22)20-21/h1-4,10,13H,5H2,(H,20,22)(H,18,19,24). The Morgan fingerprint density at radius 1 is 1.17 bits per heavy atom. The number of hydrogen-bond acceptors (Lipinski definition) is 6. The van der Waals surface area contributed by atoms with E-state index in [1.165, 1.54) is 0 Å².